The number of carbonyl (C=O) groups excluding carboxylic acids is 1. The van der Waals surface area contributed by atoms with Gasteiger partial charge in [-0.1, -0.05) is 0 Å². The van der Waals surface area contributed by atoms with Gasteiger partial charge >= 0.3 is 6.09 Å². The van der Waals surface area contributed by atoms with Gasteiger partial charge in [0.2, 0.25) is 0 Å². The second-order valence-electron chi connectivity index (χ2n) is 2.86. The average molecular weight is 159 g/mol. The van der Waals surface area contributed by atoms with Crippen molar-refractivity contribution in [1.82, 2.24) is 4.90 Å². The van der Waals surface area contributed by atoms with Crippen LogP contribution >= 0.6 is 0 Å². The van der Waals surface area contributed by atoms with Crippen LogP contribution in [0.2, 0.25) is 0 Å². The monoisotopic (exact) mass is 159 g/mol. The lowest BCUT2D eigenvalue weighted by Crippen LogP contribution is -2.34. The van der Waals surface area contributed by atoms with Gasteiger partial charge in [-0.25, -0.2) is 4.79 Å². The van der Waals surface area contributed by atoms with Crippen molar-refractivity contribution in [2.45, 2.75) is 25.5 Å². The first kappa shape index (κ1) is 8.33. The van der Waals surface area contributed by atoms with Gasteiger partial charge < -0.3 is 14.7 Å². The summed E-state index contributed by atoms with van der Waals surface area (Å²) in [6.45, 7) is 2.29. The van der Waals surface area contributed by atoms with E-state index in [4.69, 9.17) is 5.11 Å². The Morgan fingerprint density at radius 3 is 2.73 bits per heavy atom. The van der Waals surface area contributed by atoms with Gasteiger partial charge in [-0.15, -0.1) is 0 Å². The molecule has 1 rings (SSSR count). The lowest BCUT2D eigenvalue weighted by Gasteiger charge is -2.18. The summed E-state index contributed by atoms with van der Waals surface area (Å²) in [6, 6.07) is 0.0949. The van der Waals surface area contributed by atoms with Crippen molar-refractivity contribution in [2.24, 2.45) is 0 Å². The molecule has 2 atom stereocenters. The number of ether oxygens (including phenoxy) is 1. The van der Waals surface area contributed by atoms with Crippen molar-refractivity contribution in [3.05, 3.63) is 0 Å². The van der Waals surface area contributed by atoms with Crippen LogP contribution in [0, 0.1) is 0 Å². The number of hydrogen-bond acceptors (Lipinski definition) is 3. The number of aliphatic hydroxyl groups is 1. The molecule has 1 heterocycles. The molecule has 0 saturated carbocycles. The topological polar surface area (TPSA) is 49.8 Å². The molecule has 0 aromatic rings. The molecule has 1 saturated heterocycles. The lowest BCUT2D eigenvalue weighted by atomic mass is 10.2. The van der Waals surface area contributed by atoms with Crippen LogP contribution in [0.5, 0.6) is 0 Å². The molecule has 2 unspecified atom stereocenters. The van der Waals surface area contributed by atoms with E-state index in [2.05, 4.69) is 4.74 Å². The van der Waals surface area contributed by atoms with Gasteiger partial charge in [-0.3, -0.25) is 0 Å². The normalized spacial score (nSPS) is 30.6. The van der Waals surface area contributed by atoms with Crippen molar-refractivity contribution in [2.75, 3.05) is 13.7 Å². The number of methoxy groups -OCH3 is 1. The van der Waals surface area contributed by atoms with Crippen LogP contribution in [-0.2, 0) is 4.74 Å². The van der Waals surface area contributed by atoms with Gasteiger partial charge in [-0.05, 0) is 13.3 Å². The van der Waals surface area contributed by atoms with Crippen molar-refractivity contribution >= 4 is 6.09 Å². The first-order valence-electron chi connectivity index (χ1n) is 3.67. The van der Waals surface area contributed by atoms with E-state index in [1.54, 1.807) is 0 Å². The Morgan fingerprint density at radius 1 is 1.73 bits per heavy atom. The summed E-state index contributed by atoms with van der Waals surface area (Å²) in [6.07, 6.45) is -0.0899. The highest BCUT2D eigenvalue weighted by molar-refractivity contribution is 5.68. The molecule has 0 aliphatic carbocycles. The first-order chi connectivity index (χ1) is 5.15. The molecule has 0 radical (unpaired) electrons. The van der Waals surface area contributed by atoms with Crippen LogP contribution in [0.15, 0.2) is 0 Å². The summed E-state index contributed by atoms with van der Waals surface area (Å²) in [4.78, 5) is 12.5. The Balaban J connectivity index is 2.52. The number of amides is 1. The number of rotatable bonds is 0. The maximum Gasteiger partial charge on any atom is 0.409 e. The van der Waals surface area contributed by atoms with E-state index in [1.165, 1.54) is 12.0 Å². The standard InChI is InChI=1S/C7H13NO3/c1-5-3-6(9)4-8(5)7(10)11-2/h5-6,9H,3-4H2,1-2H3. The molecular formula is C7H13NO3. The van der Waals surface area contributed by atoms with Gasteiger partial charge in [0.1, 0.15) is 0 Å². The van der Waals surface area contributed by atoms with Crippen LogP contribution in [-0.4, -0.2) is 41.9 Å². The van der Waals surface area contributed by atoms with Crippen LogP contribution in [0.1, 0.15) is 13.3 Å². The predicted molar refractivity (Wildman–Crippen MR) is 39.2 cm³/mol. The van der Waals surface area contributed by atoms with Gasteiger partial charge in [0.05, 0.1) is 19.8 Å². The highest BCUT2D eigenvalue weighted by Gasteiger charge is 2.31. The first-order valence-corrected chi connectivity index (χ1v) is 3.67. The van der Waals surface area contributed by atoms with E-state index in [0.29, 0.717) is 13.0 Å². The Bertz CT molecular complexity index is 160. The third-order valence-corrected chi connectivity index (χ3v) is 1.96. The number of aliphatic hydroxyl groups excluding tert-OH is 1. The summed E-state index contributed by atoms with van der Waals surface area (Å²) >= 11 is 0. The molecule has 4 nitrogen and oxygen atoms in total. The second kappa shape index (κ2) is 3.09. The zero-order valence-corrected chi connectivity index (χ0v) is 6.78. The number of likely N-dealkylation sites (tertiary alicyclic amines) is 1. The van der Waals surface area contributed by atoms with E-state index in [-0.39, 0.29) is 18.2 Å². The summed E-state index contributed by atoms with van der Waals surface area (Å²) < 4.78 is 4.53. The smallest absolute Gasteiger partial charge is 0.409 e. The van der Waals surface area contributed by atoms with Crippen LogP contribution in [0.25, 0.3) is 0 Å². The zero-order valence-electron chi connectivity index (χ0n) is 6.78. The molecule has 1 N–H and O–H groups in total. The second-order valence-corrected chi connectivity index (χ2v) is 2.86. The SMILES string of the molecule is COC(=O)N1CC(O)CC1C. The zero-order chi connectivity index (χ0) is 8.43. The molecule has 1 amide bonds. The van der Waals surface area contributed by atoms with Crippen molar-refractivity contribution in [3.63, 3.8) is 0 Å². The Labute approximate surface area is 65.8 Å². The average Bonchev–Trinajstić information content (AvgIpc) is 2.28. The lowest BCUT2D eigenvalue weighted by molar-refractivity contribution is 0.114. The van der Waals surface area contributed by atoms with Gasteiger partial charge in [0.25, 0.3) is 0 Å². The fraction of sp³-hybridized carbons (Fsp3) is 0.857. The van der Waals surface area contributed by atoms with Gasteiger partial charge in [0, 0.05) is 6.04 Å². The minimum Gasteiger partial charge on any atom is -0.453 e. The molecule has 4 heteroatoms. The third-order valence-electron chi connectivity index (χ3n) is 1.96. The number of hydrogen-bond donors (Lipinski definition) is 1. The third kappa shape index (κ3) is 1.63. The summed E-state index contributed by atoms with van der Waals surface area (Å²) in [5.41, 5.74) is 0. The highest BCUT2D eigenvalue weighted by Crippen LogP contribution is 2.17. The molecule has 0 spiro atoms. The number of nitrogens with zero attached hydrogens (tertiary/aromatic N) is 1. The van der Waals surface area contributed by atoms with E-state index in [9.17, 15) is 4.79 Å². The Hall–Kier alpha value is -0.770. The molecule has 1 fully saturated rings. The molecule has 0 aromatic carbocycles. The fourth-order valence-electron chi connectivity index (χ4n) is 1.37. The quantitative estimate of drug-likeness (QED) is 0.549. The molecule has 0 aromatic heterocycles. The van der Waals surface area contributed by atoms with E-state index in [1.807, 2.05) is 6.92 Å². The summed E-state index contributed by atoms with van der Waals surface area (Å²) in [5, 5.41) is 9.16. The number of β-amino-alcohol motifs (C(OH)–C–C–N with tert-alkyl or cyclic N) is 1. The molecule has 1 aliphatic rings. The Kier molecular flexibility index (Phi) is 2.34. The summed E-state index contributed by atoms with van der Waals surface area (Å²) in [5.74, 6) is 0. The van der Waals surface area contributed by atoms with Crippen molar-refractivity contribution in [3.8, 4) is 0 Å². The van der Waals surface area contributed by atoms with Crippen LogP contribution in [0.4, 0.5) is 4.79 Å². The van der Waals surface area contributed by atoms with Crippen molar-refractivity contribution < 1.29 is 14.6 Å². The molecule has 1 aliphatic heterocycles. The van der Waals surface area contributed by atoms with Crippen LogP contribution < -0.4 is 0 Å². The fourth-order valence-corrected chi connectivity index (χ4v) is 1.37. The molecule has 11 heavy (non-hydrogen) atoms. The minimum absolute atomic E-state index is 0.0949. The van der Waals surface area contributed by atoms with E-state index < -0.39 is 0 Å². The van der Waals surface area contributed by atoms with Gasteiger partial charge in [-0.2, -0.15) is 0 Å². The minimum atomic E-state index is -0.385. The molecule has 0 bridgehead atoms. The Morgan fingerprint density at radius 2 is 2.36 bits per heavy atom. The summed E-state index contributed by atoms with van der Waals surface area (Å²) in [7, 11) is 1.35. The van der Waals surface area contributed by atoms with E-state index in [0.717, 1.165) is 0 Å². The maximum atomic E-state index is 11.0. The maximum absolute atomic E-state index is 11.0. The van der Waals surface area contributed by atoms with E-state index >= 15 is 0 Å². The van der Waals surface area contributed by atoms with Gasteiger partial charge in [0.15, 0.2) is 0 Å². The number of carbonyl (C=O) groups is 1. The van der Waals surface area contributed by atoms with Crippen molar-refractivity contribution in [1.29, 1.82) is 0 Å². The largest absolute Gasteiger partial charge is 0.453 e. The molecule has 64 valence electrons. The predicted octanol–water partition coefficient (Wildman–Crippen LogP) is 0.208. The highest BCUT2D eigenvalue weighted by atomic mass is 16.5. The van der Waals surface area contributed by atoms with Crippen LogP contribution in [0.3, 0.4) is 0 Å². The molecular weight excluding hydrogens is 146 g/mol.